The Morgan fingerprint density at radius 3 is 2.58 bits per heavy atom. The number of nitrogens with zero attached hydrogens (tertiary/aromatic N) is 2. The number of benzene rings is 2. The van der Waals surface area contributed by atoms with Crippen LogP contribution in [-0.4, -0.2) is 18.3 Å². The fourth-order valence-electron chi connectivity index (χ4n) is 3.45. The lowest BCUT2D eigenvalue weighted by Crippen LogP contribution is -2.44. The second-order valence-corrected chi connectivity index (χ2v) is 6.74. The van der Waals surface area contributed by atoms with Gasteiger partial charge in [0.1, 0.15) is 0 Å². The number of fused-ring (bicyclic) bond motifs is 1. The van der Waals surface area contributed by atoms with Gasteiger partial charge in [-0.25, -0.2) is 0 Å². The van der Waals surface area contributed by atoms with Gasteiger partial charge in [-0.15, -0.1) is 0 Å². The number of allylic oxidation sites excluding steroid dienone is 1. The molecule has 0 bridgehead atoms. The molecule has 0 amide bonds. The second-order valence-electron chi connectivity index (χ2n) is 6.74. The summed E-state index contributed by atoms with van der Waals surface area (Å²) in [5, 5.41) is 4.35. The van der Waals surface area contributed by atoms with E-state index in [0.29, 0.717) is 0 Å². The average Bonchev–Trinajstić information content (AvgIpc) is 2.56. The first kappa shape index (κ1) is 16.3. The molecule has 24 heavy (non-hydrogen) atoms. The monoisotopic (exact) mass is 319 g/mol. The van der Waals surface area contributed by atoms with Crippen LogP contribution in [0, 0.1) is 0 Å². The summed E-state index contributed by atoms with van der Waals surface area (Å²) >= 11 is 0. The normalized spacial score (nSPS) is 16.0. The first-order valence-electron chi connectivity index (χ1n) is 8.47. The van der Waals surface area contributed by atoms with E-state index in [0.717, 1.165) is 17.8 Å². The number of likely N-dealkylation sites (N-methyl/N-ethyl adjacent to an activating group) is 1. The summed E-state index contributed by atoms with van der Waals surface area (Å²) in [5.74, 6) is 0. The first-order valence-corrected chi connectivity index (χ1v) is 8.47. The van der Waals surface area contributed by atoms with Gasteiger partial charge in [0, 0.05) is 17.8 Å². The summed E-state index contributed by atoms with van der Waals surface area (Å²) < 4.78 is 0. The number of hydrazone groups is 1. The van der Waals surface area contributed by atoms with Gasteiger partial charge in [-0.05, 0) is 63.1 Å². The Morgan fingerprint density at radius 2 is 1.88 bits per heavy atom. The van der Waals surface area contributed by atoms with Crippen LogP contribution in [0.1, 0.15) is 38.8 Å². The zero-order valence-corrected chi connectivity index (χ0v) is 14.9. The van der Waals surface area contributed by atoms with Crippen molar-refractivity contribution in [3.63, 3.8) is 0 Å². The van der Waals surface area contributed by atoms with Crippen molar-refractivity contribution >= 4 is 23.2 Å². The predicted octanol–water partition coefficient (Wildman–Crippen LogP) is 5.15. The van der Waals surface area contributed by atoms with E-state index in [-0.39, 0.29) is 5.54 Å². The van der Waals surface area contributed by atoms with Crippen molar-refractivity contribution in [2.45, 2.75) is 33.2 Å². The largest absolute Gasteiger partial charge is 0.363 e. The summed E-state index contributed by atoms with van der Waals surface area (Å²) in [6, 6.07) is 16.5. The van der Waals surface area contributed by atoms with E-state index in [2.05, 4.69) is 67.4 Å². The van der Waals surface area contributed by atoms with Crippen molar-refractivity contribution in [1.29, 1.82) is 0 Å². The van der Waals surface area contributed by atoms with Gasteiger partial charge in [0.2, 0.25) is 0 Å². The second kappa shape index (κ2) is 6.52. The van der Waals surface area contributed by atoms with Crippen LogP contribution < -0.4 is 10.3 Å². The van der Waals surface area contributed by atoms with Gasteiger partial charge in [-0.2, -0.15) is 5.10 Å². The molecular weight excluding hydrogens is 294 g/mol. The highest BCUT2D eigenvalue weighted by atomic mass is 15.3. The number of nitrogens with one attached hydrogen (secondary N) is 1. The summed E-state index contributed by atoms with van der Waals surface area (Å²) in [6.45, 7) is 9.92. The first-order chi connectivity index (χ1) is 11.5. The number of hydrogen-bond acceptors (Lipinski definition) is 3. The molecule has 0 saturated heterocycles. The van der Waals surface area contributed by atoms with Crippen molar-refractivity contribution in [3.8, 4) is 0 Å². The predicted molar refractivity (Wildman–Crippen MR) is 105 cm³/mol. The Hall–Kier alpha value is -2.55. The number of rotatable bonds is 4. The van der Waals surface area contributed by atoms with Crippen LogP contribution in [0.25, 0.3) is 5.57 Å². The van der Waals surface area contributed by atoms with Crippen LogP contribution in [0.5, 0.6) is 0 Å². The zero-order chi connectivity index (χ0) is 17.2. The molecule has 2 aromatic carbocycles. The molecular formula is C21H25N3. The van der Waals surface area contributed by atoms with Gasteiger partial charge < -0.3 is 4.90 Å². The van der Waals surface area contributed by atoms with Crippen molar-refractivity contribution in [2.24, 2.45) is 5.10 Å². The molecule has 2 aromatic rings. The van der Waals surface area contributed by atoms with E-state index in [4.69, 9.17) is 0 Å². The summed E-state index contributed by atoms with van der Waals surface area (Å²) in [6.07, 6.45) is 4.22. The van der Waals surface area contributed by atoms with Gasteiger partial charge in [0.05, 0.1) is 17.4 Å². The van der Waals surface area contributed by atoms with E-state index in [1.807, 2.05) is 36.5 Å². The van der Waals surface area contributed by atoms with Crippen LogP contribution in [0.4, 0.5) is 11.4 Å². The average molecular weight is 319 g/mol. The highest BCUT2D eigenvalue weighted by Crippen LogP contribution is 2.38. The molecule has 0 spiro atoms. The Morgan fingerprint density at radius 1 is 1.12 bits per heavy atom. The Labute approximate surface area is 144 Å². The molecule has 1 aliphatic heterocycles. The third-order valence-electron chi connectivity index (χ3n) is 4.50. The molecule has 1 heterocycles. The smallest absolute Gasteiger partial charge is 0.0561 e. The van der Waals surface area contributed by atoms with Crippen molar-refractivity contribution < 1.29 is 0 Å². The SMILES string of the molecule is CCN1c2ccc(/C=N\Nc3ccccc3)cc2C(C)=CC1(C)C. The Bertz CT molecular complexity index is 773. The molecule has 0 aliphatic carbocycles. The number of hydrogen-bond donors (Lipinski definition) is 1. The van der Waals surface area contributed by atoms with Crippen LogP contribution in [0.2, 0.25) is 0 Å². The standard InChI is InChI=1S/C21H25N3/c1-5-24-20-12-11-17(13-19(20)16(2)14-21(24,3)4)15-22-23-18-9-7-6-8-10-18/h6-15,23H,5H2,1-4H3/b22-15-. The fraction of sp³-hybridized carbons (Fsp3) is 0.286. The Balaban J connectivity index is 1.85. The molecule has 3 heteroatoms. The van der Waals surface area contributed by atoms with E-state index in [9.17, 15) is 0 Å². The molecule has 0 atom stereocenters. The van der Waals surface area contributed by atoms with Crippen molar-refractivity contribution in [3.05, 3.63) is 65.7 Å². The maximum absolute atomic E-state index is 4.35. The van der Waals surface area contributed by atoms with Crippen molar-refractivity contribution in [2.75, 3.05) is 16.9 Å². The van der Waals surface area contributed by atoms with Gasteiger partial charge in [-0.3, -0.25) is 5.43 Å². The third-order valence-corrected chi connectivity index (χ3v) is 4.50. The molecule has 0 fully saturated rings. The molecule has 124 valence electrons. The van der Waals surface area contributed by atoms with E-state index < -0.39 is 0 Å². The van der Waals surface area contributed by atoms with Gasteiger partial charge in [0.25, 0.3) is 0 Å². The van der Waals surface area contributed by atoms with Crippen LogP contribution in [0.3, 0.4) is 0 Å². The van der Waals surface area contributed by atoms with E-state index in [1.54, 1.807) is 0 Å². The molecule has 3 rings (SSSR count). The lowest BCUT2D eigenvalue weighted by molar-refractivity contribution is 0.566. The number of para-hydroxylation sites is 1. The summed E-state index contributed by atoms with van der Waals surface area (Å²) in [4.78, 5) is 2.44. The quantitative estimate of drug-likeness (QED) is 0.623. The zero-order valence-electron chi connectivity index (χ0n) is 14.9. The molecule has 0 unspecified atom stereocenters. The Kier molecular flexibility index (Phi) is 4.43. The maximum atomic E-state index is 4.35. The molecule has 1 aliphatic rings. The molecule has 1 N–H and O–H groups in total. The molecule has 0 aromatic heterocycles. The van der Waals surface area contributed by atoms with Crippen molar-refractivity contribution in [1.82, 2.24) is 0 Å². The maximum Gasteiger partial charge on any atom is 0.0561 e. The third kappa shape index (κ3) is 3.21. The summed E-state index contributed by atoms with van der Waals surface area (Å²) in [5.41, 5.74) is 9.12. The highest BCUT2D eigenvalue weighted by molar-refractivity contribution is 5.88. The molecule has 0 saturated carbocycles. The van der Waals surface area contributed by atoms with Gasteiger partial charge in [0.15, 0.2) is 0 Å². The molecule has 3 nitrogen and oxygen atoms in total. The van der Waals surface area contributed by atoms with Gasteiger partial charge >= 0.3 is 0 Å². The van der Waals surface area contributed by atoms with E-state index in [1.165, 1.54) is 16.8 Å². The highest BCUT2D eigenvalue weighted by Gasteiger charge is 2.29. The molecule has 0 radical (unpaired) electrons. The minimum atomic E-state index is 0.0519. The fourth-order valence-corrected chi connectivity index (χ4v) is 3.45. The topological polar surface area (TPSA) is 27.6 Å². The summed E-state index contributed by atoms with van der Waals surface area (Å²) in [7, 11) is 0. The minimum absolute atomic E-state index is 0.0519. The van der Waals surface area contributed by atoms with Crippen LogP contribution >= 0.6 is 0 Å². The lowest BCUT2D eigenvalue weighted by Gasteiger charge is -2.42. The van der Waals surface area contributed by atoms with Crippen LogP contribution in [0.15, 0.2) is 59.7 Å². The lowest BCUT2D eigenvalue weighted by atomic mass is 9.88. The van der Waals surface area contributed by atoms with E-state index >= 15 is 0 Å². The number of anilines is 2. The van der Waals surface area contributed by atoms with Crippen LogP contribution in [-0.2, 0) is 0 Å². The minimum Gasteiger partial charge on any atom is -0.363 e. The van der Waals surface area contributed by atoms with Gasteiger partial charge in [-0.1, -0.05) is 30.3 Å².